The van der Waals surface area contributed by atoms with Crippen LogP contribution in [0.5, 0.6) is 0 Å². The molecule has 1 amide bonds. The van der Waals surface area contributed by atoms with Crippen LogP contribution in [0.25, 0.3) is 11.1 Å². The molecule has 0 atom stereocenters. The van der Waals surface area contributed by atoms with Gasteiger partial charge in [0.2, 0.25) is 5.91 Å². The van der Waals surface area contributed by atoms with E-state index < -0.39 is 23.2 Å². The van der Waals surface area contributed by atoms with Gasteiger partial charge in [-0.3, -0.25) is 9.59 Å². The molecular formula is C19H15F3N4O2S. The molecule has 0 radical (unpaired) electrons. The van der Waals surface area contributed by atoms with Gasteiger partial charge in [-0.25, -0.2) is 4.98 Å². The van der Waals surface area contributed by atoms with E-state index in [1.54, 1.807) is 30.3 Å². The Morgan fingerprint density at radius 1 is 1.14 bits per heavy atom. The summed E-state index contributed by atoms with van der Waals surface area (Å²) >= 11 is 0.909. The van der Waals surface area contributed by atoms with E-state index in [0.29, 0.717) is 5.56 Å². The summed E-state index contributed by atoms with van der Waals surface area (Å²) in [5.41, 5.74) is 5.43. The molecule has 10 heteroatoms. The molecule has 4 N–H and O–H groups in total. The monoisotopic (exact) mass is 420 g/mol. The fourth-order valence-corrected chi connectivity index (χ4v) is 3.19. The lowest BCUT2D eigenvalue weighted by Gasteiger charge is -2.10. The zero-order chi connectivity index (χ0) is 21.0. The van der Waals surface area contributed by atoms with Gasteiger partial charge in [-0.15, -0.1) is 0 Å². The van der Waals surface area contributed by atoms with Crippen LogP contribution in [-0.2, 0) is 11.0 Å². The van der Waals surface area contributed by atoms with Gasteiger partial charge in [-0.1, -0.05) is 48.2 Å². The van der Waals surface area contributed by atoms with E-state index in [1.807, 2.05) is 0 Å². The first-order valence-corrected chi connectivity index (χ1v) is 9.28. The molecule has 1 heterocycles. The maximum Gasteiger partial charge on any atom is 0.416 e. The molecule has 0 aliphatic rings. The summed E-state index contributed by atoms with van der Waals surface area (Å²) in [5, 5.41) is 2.51. The number of nitrogens with one attached hydrogen (secondary N) is 2. The van der Waals surface area contributed by atoms with E-state index in [9.17, 15) is 22.8 Å². The number of aromatic nitrogens is 2. The lowest BCUT2D eigenvalue weighted by Crippen LogP contribution is -2.18. The zero-order valence-corrected chi connectivity index (χ0v) is 15.6. The summed E-state index contributed by atoms with van der Waals surface area (Å²) in [6.45, 7) is 0. The van der Waals surface area contributed by atoms with Crippen LogP contribution in [0.2, 0.25) is 0 Å². The van der Waals surface area contributed by atoms with Gasteiger partial charge in [0, 0.05) is 5.69 Å². The van der Waals surface area contributed by atoms with Crippen LogP contribution < -0.4 is 16.6 Å². The van der Waals surface area contributed by atoms with Crippen molar-refractivity contribution in [3.63, 3.8) is 0 Å². The van der Waals surface area contributed by atoms with E-state index >= 15 is 0 Å². The average molecular weight is 420 g/mol. The Morgan fingerprint density at radius 3 is 2.52 bits per heavy atom. The predicted octanol–water partition coefficient (Wildman–Crippen LogP) is 3.77. The normalized spacial score (nSPS) is 11.3. The molecule has 0 aliphatic heterocycles. The third-order valence-electron chi connectivity index (χ3n) is 3.80. The second-order valence-corrected chi connectivity index (χ2v) is 6.88. The van der Waals surface area contributed by atoms with Crippen molar-refractivity contribution in [3.8, 4) is 11.1 Å². The van der Waals surface area contributed by atoms with Gasteiger partial charge in [0.1, 0.15) is 5.82 Å². The number of aromatic amines is 1. The van der Waals surface area contributed by atoms with Crippen LogP contribution in [0.3, 0.4) is 0 Å². The number of carbonyl (C=O) groups is 1. The quantitative estimate of drug-likeness (QED) is 0.431. The molecule has 150 valence electrons. The highest BCUT2D eigenvalue weighted by Crippen LogP contribution is 2.30. The minimum atomic E-state index is -4.50. The Morgan fingerprint density at radius 2 is 1.86 bits per heavy atom. The van der Waals surface area contributed by atoms with Crippen LogP contribution >= 0.6 is 11.8 Å². The number of benzene rings is 2. The smallest absolute Gasteiger partial charge is 0.383 e. The molecule has 0 unspecified atom stereocenters. The highest BCUT2D eigenvalue weighted by molar-refractivity contribution is 7.99. The number of hydrogen-bond donors (Lipinski definition) is 3. The fourth-order valence-electron chi connectivity index (χ4n) is 2.53. The summed E-state index contributed by atoms with van der Waals surface area (Å²) in [4.78, 5) is 31.0. The fraction of sp³-hybridized carbons (Fsp3) is 0.105. The molecule has 0 saturated heterocycles. The summed E-state index contributed by atoms with van der Waals surface area (Å²) in [6.07, 6.45) is -4.50. The minimum absolute atomic E-state index is 0.0146. The zero-order valence-electron chi connectivity index (χ0n) is 14.8. The van der Waals surface area contributed by atoms with Crippen molar-refractivity contribution in [2.75, 3.05) is 16.8 Å². The third kappa shape index (κ3) is 5.17. The summed E-state index contributed by atoms with van der Waals surface area (Å²) in [7, 11) is 0. The van der Waals surface area contributed by atoms with Crippen LogP contribution in [0, 0.1) is 0 Å². The Labute approximate surface area is 167 Å². The topological polar surface area (TPSA) is 101 Å². The first kappa shape index (κ1) is 20.5. The van der Waals surface area contributed by atoms with E-state index in [4.69, 9.17) is 5.73 Å². The maximum atomic E-state index is 12.7. The molecule has 0 saturated carbocycles. The van der Waals surface area contributed by atoms with Crippen molar-refractivity contribution in [1.29, 1.82) is 0 Å². The number of thioether (sulfide) groups is 1. The number of H-pyrrole nitrogens is 1. The second kappa shape index (κ2) is 8.39. The number of rotatable bonds is 5. The van der Waals surface area contributed by atoms with E-state index in [1.165, 1.54) is 12.1 Å². The number of hydrogen-bond acceptors (Lipinski definition) is 5. The number of nitrogen functional groups attached to an aromatic ring is 1. The van der Waals surface area contributed by atoms with Gasteiger partial charge < -0.3 is 16.0 Å². The standard InChI is InChI=1S/C19H15F3N4O2S/c20-19(21,22)12-7-4-8-13(9-12)24-14(27)10-29-18-25-16(23)15(17(28)26-18)11-5-2-1-3-6-11/h1-9H,10H2,(H,24,27)(H3,23,25,26,28). The van der Waals surface area contributed by atoms with Gasteiger partial charge in [0.25, 0.3) is 5.56 Å². The van der Waals surface area contributed by atoms with Crippen molar-refractivity contribution in [2.24, 2.45) is 0 Å². The van der Waals surface area contributed by atoms with E-state index in [-0.39, 0.29) is 28.0 Å². The van der Waals surface area contributed by atoms with Gasteiger partial charge in [-0.05, 0) is 23.8 Å². The molecule has 1 aromatic heterocycles. The lowest BCUT2D eigenvalue weighted by atomic mass is 10.1. The van der Waals surface area contributed by atoms with Crippen molar-refractivity contribution >= 4 is 29.2 Å². The van der Waals surface area contributed by atoms with Crippen molar-refractivity contribution in [3.05, 3.63) is 70.5 Å². The van der Waals surface area contributed by atoms with Gasteiger partial charge >= 0.3 is 6.18 Å². The summed E-state index contributed by atoms with van der Waals surface area (Å²) in [6, 6.07) is 13.1. The van der Waals surface area contributed by atoms with Gasteiger partial charge in [0.15, 0.2) is 5.16 Å². The van der Waals surface area contributed by atoms with Crippen molar-refractivity contribution in [2.45, 2.75) is 11.3 Å². The first-order chi connectivity index (χ1) is 13.7. The largest absolute Gasteiger partial charge is 0.416 e. The number of halogens is 3. The average Bonchev–Trinajstić information content (AvgIpc) is 2.66. The maximum absolute atomic E-state index is 12.7. The number of nitrogens with two attached hydrogens (primary N) is 1. The molecule has 0 bridgehead atoms. The number of amides is 1. The van der Waals surface area contributed by atoms with E-state index in [2.05, 4.69) is 15.3 Å². The SMILES string of the molecule is Nc1nc(SCC(=O)Nc2cccc(C(F)(F)F)c2)[nH]c(=O)c1-c1ccccc1. The third-order valence-corrected chi connectivity index (χ3v) is 4.68. The van der Waals surface area contributed by atoms with Crippen LogP contribution in [0.15, 0.2) is 64.5 Å². The summed E-state index contributed by atoms with van der Waals surface area (Å²) < 4.78 is 38.2. The van der Waals surface area contributed by atoms with Gasteiger partial charge in [0.05, 0.1) is 16.9 Å². The Bertz CT molecular complexity index is 1080. The molecule has 0 spiro atoms. The Kier molecular flexibility index (Phi) is 5.92. The van der Waals surface area contributed by atoms with E-state index in [0.717, 1.165) is 23.9 Å². The number of nitrogens with zero attached hydrogens (tertiary/aromatic N) is 1. The predicted molar refractivity (Wildman–Crippen MR) is 106 cm³/mol. The molecule has 6 nitrogen and oxygen atoms in total. The number of alkyl halides is 3. The Balaban J connectivity index is 1.67. The van der Waals surface area contributed by atoms with Crippen molar-refractivity contribution in [1.82, 2.24) is 9.97 Å². The van der Waals surface area contributed by atoms with Crippen molar-refractivity contribution < 1.29 is 18.0 Å². The molecule has 3 rings (SSSR count). The van der Waals surface area contributed by atoms with Gasteiger partial charge in [-0.2, -0.15) is 13.2 Å². The number of carbonyl (C=O) groups excluding carboxylic acids is 1. The van der Waals surface area contributed by atoms with Crippen LogP contribution in [0.4, 0.5) is 24.7 Å². The molecule has 2 aromatic carbocycles. The van der Waals surface area contributed by atoms with Crippen LogP contribution in [0.1, 0.15) is 5.56 Å². The molecule has 0 fully saturated rings. The first-order valence-electron chi connectivity index (χ1n) is 8.29. The highest BCUT2D eigenvalue weighted by Gasteiger charge is 2.30. The number of anilines is 2. The second-order valence-electron chi connectivity index (χ2n) is 5.91. The summed E-state index contributed by atoms with van der Waals surface area (Å²) in [5.74, 6) is -0.716. The molecule has 29 heavy (non-hydrogen) atoms. The lowest BCUT2D eigenvalue weighted by molar-refractivity contribution is -0.137. The molecule has 0 aliphatic carbocycles. The van der Waals surface area contributed by atoms with Crippen LogP contribution in [-0.4, -0.2) is 21.6 Å². The minimum Gasteiger partial charge on any atom is -0.383 e. The molecular weight excluding hydrogens is 405 g/mol. The molecule has 3 aromatic rings. The highest BCUT2D eigenvalue weighted by atomic mass is 32.2. The Hall–Kier alpha value is -3.27.